The molecule has 0 saturated carbocycles. The summed E-state index contributed by atoms with van der Waals surface area (Å²) in [6, 6.07) is 7.64. The zero-order valence-electron chi connectivity index (χ0n) is 17.0. The molecule has 1 aliphatic rings. The summed E-state index contributed by atoms with van der Waals surface area (Å²) in [6.45, 7) is 6.37. The van der Waals surface area contributed by atoms with Crippen LogP contribution in [0.2, 0.25) is 0 Å². The summed E-state index contributed by atoms with van der Waals surface area (Å²) >= 11 is 1.66. The van der Waals surface area contributed by atoms with Crippen molar-refractivity contribution in [3.05, 3.63) is 40.3 Å². The lowest BCUT2D eigenvalue weighted by atomic mass is 10.2. The summed E-state index contributed by atoms with van der Waals surface area (Å²) in [5.74, 6) is 1.92. The first kappa shape index (κ1) is 23.4. The molecule has 0 spiro atoms. The second-order valence-electron chi connectivity index (χ2n) is 6.83. The SMILES string of the molecule is CN=C(NCCCN1C(=O)COc2ccccc21)NCc1nc(C(C)C)cs1.I. The molecule has 3 rings (SSSR count). The van der Waals surface area contributed by atoms with Gasteiger partial charge >= 0.3 is 0 Å². The molecule has 0 saturated heterocycles. The first-order chi connectivity index (χ1) is 13.6. The number of anilines is 1. The van der Waals surface area contributed by atoms with E-state index in [1.165, 1.54) is 0 Å². The Kier molecular flexibility index (Phi) is 9.15. The van der Waals surface area contributed by atoms with Gasteiger partial charge in [-0.1, -0.05) is 26.0 Å². The highest BCUT2D eigenvalue weighted by molar-refractivity contribution is 14.0. The Morgan fingerprint density at radius 3 is 2.86 bits per heavy atom. The van der Waals surface area contributed by atoms with E-state index in [2.05, 4.69) is 39.8 Å². The maximum absolute atomic E-state index is 12.2. The number of hydrogen-bond donors (Lipinski definition) is 2. The van der Waals surface area contributed by atoms with Gasteiger partial charge in [-0.15, -0.1) is 35.3 Å². The van der Waals surface area contributed by atoms with Crippen molar-refractivity contribution in [3.63, 3.8) is 0 Å². The molecule has 2 heterocycles. The van der Waals surface area contributed by atoms with Gasteiger partial charge in [-0.05, 0) is 24.5 Å². The lowest BCUT2D eigenvalue weighted by Gasteiger charge is -2.29. The van der Waals surface area contributed by atoms with Gasteiger partial charge in [-0.2, -0.15) is 0 Å². The van der Waals surface area contributed by atoms with Crippen LogP contribution in [0.1, 0.15) is 36.9 Å². The average Bonchev–Trinajstić information content (AvgIpc) is 3.18. The number of aromatic nitrogens is 1. The van der Waals surface area contributed by atoms with Crippen molar-refractivity contribution in [2.45, 2.75) is 32.7 Å². The van der Waals surface area contributed by atoms with Gasteiger partial charge in [-0.3, -0.25) is 9.79 Å². The zero-order chi connectivity index (χ0) is 19.9. The summed E-state index contributed by atoms with van der Waals surface area (Å²) in [7, 11) is 1.75. The normalized spacial score (nSPS) is 13.6. The highest BCUT2D eigenvalue weighted by Gasteiger charge is 2.24. The molecule has 1 aliphatic heterocycles. The Hall–Kier alpha value is -1.88. The van der Waals surface area contributed by atoms with Crippen LogP contribution in [0, 0.1) is 0 Å². The number of hydrogen-bond acceptors (Lipinski definition) is 5. The summed E-state index contributed by atoms with van der Waals surface area (Å²) < 4.78 is 5.48. The van der Waals surface area contributed by atoms with E-state index in [9.17, 15) is 4.79 Å². The smallest absolute Gasteiger partial charge is 0.265 e. The minimum absolute atomic E-state index is 0. The largest absolute Gasteiger partial charge is 0.482 e. The molecule has 0 aliphatic carbocycles. The summed E-state index contributed by atoms with van der Waals surface area (Å²) in [6.07, 6.45) is 0.801. The Morgan fingerprint density at radius 1 is 1.34 bits per heavy atom. The highest BCUT2D eigenvalue weighted by Crippen LogP contribution is 2.31. The third-order valence-electron chi connectivity index (χ3n) is 4.45. The molecule has 0 radical (unpaired) electrons. The highest BCUT2D eigenvalue weighted by atomic mass is 127. The molecule has 0 bridgehead atoms. The van der Waals surface area contributed by atoms with E-state index in [4.69, 9.17) is 4.74 Å². The quantitative estimate of drug-likeness (QED) is 0.249. The molecule has 7 nitrogen and oxygen atoms in total. The topological polar surface area (TPSA) is 78.9 Å². The van der Waals surface area contributed by atoms with Crippen LogP contribution in [0.4, 0.5) is 5.69 Å². The lowest BCUT2D eigenvalue weighted by molar-refractivity contribution is -0.121. The number of aliphatic imine (C=N–C) groups is 1. The number of thiazole rings is 1. The number of guanidine groups is 1. The molecular weight excluding hydrogens is 501 g/mol. The summed E-state index contributed by atoms with van der Waals surface area (Å²) in [4.78, 5) is 22.9. The minimum Gasteiger partial charge on any atom is -0.482 e. The predicted molar refractivity (Wildman–Crippen MR) is 129 cm³/mol. The van der Waals surface area contributed by atoms with E-state index in [1.54, 1.807) is 23.3 Å². The van der Waals surface area contributed by atoms with Crippen LogP contribution >= 0.6 is 35.3 Å². The third kappa shape index (κ3) is 6.30. The fourth-order valence-electron chi connectivity index (χ4n) is 2.89. The Bertz CT molecular complexity index is 840. The van der Waals surface area contributed by atoms with Crippen molar-refractivity contribution in [1.29, 1.82) is 0 Å². The number of nitrogens with one attached hydrogen (secondary N) is 2. The van der Waals surface area contributed by atoms with E-state index in [0.29, 0.717) is 25.6 Å². The van der Waals surface area contributed by atoms with Gasteiger partial charge < -0.3 is 20.3 Å². The molecule has 0 unspecified atom stereocenters. The van der Waals surface area contributed by atoms with Gasteiger partial charge in [0.15, 0.2) is 12.6 Å². The molecule has 29 heavy (non-hydrogen) atoms. The van der Waals surface area contributed by atoms with E-state index in [1.807, 2.05) is 24.3 Å². The second-order valence-corrected chi connectivity index (χ2v) is 7.77. The van der Waals surface area contributed by atoms with E-state index < -0.39 is 0 Å². The first-order valence-electron chi connectivity index (χ1n) is 9.49. The average molecular weight is 529 g/mol. The van der Waals surface area contributed by atoms with Crippen molar-refractivity contribution in [3.8, 4) is 5.75 Å². The Morgan fingerprint density at radius 2 is 2.14 bits per heavy atom. The van der Waals surface area contributed by atoms with Crippen LogP contribution in [0.5, 0.6) is 5.75 Å². The van der Waals surface area contributed by atoms with Crippen LogP contribution in [0.3, 0.4) is 0 Å². The van der Waals surface area contributed by atoms with Crippen molar-refractivity contribution in [1.82, 2.24) is 15.6 Å². The molecule has 9 heteroatoms. The van der Waals surface area contributed by atoms with E-state index >= 15 is 0 Å². The van der Waals surface area contributed by atoms with Crippen LogP contribution in [0.25, 0.3) is 0 Å². The summed E-state index contributed by atoms with van der Waals surface area (Å²) in [5, 5.41) is 9.73. The van der Waals surface area contributed by atoms with E-state index in [0.717, 1.165) is 34.5 Å². The van der Waals surface area contributed by atoms with Gasteiger partial charge in [0.2, 0.25) is 0 Å². The molecule has 0 fully saturated rings. The number of carbonyl (C=O) groups is 1. The van der Waals surface area contributed by atoms with Gasteiger partial charge in [0.1, 0.15) is 10.8 Å². The third-order valence-corrected chi connectivity index (χ3v) is 5.32. The number of carbonyl (C=O) groups excluding carboxylic acids is 1. The Balaban J connectivity index is 0.00000300. The fraction of sp³-hybridized carbons (Fsp3) is 0.450. The number of halogens is 1. The number of ether oxygens (including phenoxy) is 1. The zero-order valence-corrected chi connectivity index (χ0v) is 20.1. The van der Waals surface area contributed by atoms with Gasteiger partial charge in [0.25, 0.3) is 5.91 Å². The van der Waals surface area contributed by atoms with Gasteiger partial charge in [-0.25, -0.2) is 4.98 Å². The van der Waals surface area contributed by atoms with Crippen LogP contribution in [0.15, 0.2) is 34.6 Å². The molecule has 1 aromatic heterocycles. The molecule has 0 atom stereocenters. The fourth-order valence-corrected chi connectivity index (χ4v) is 3.79. The second kappa shape index (κ2) is 11.3. The molecule has 1 aromatic carbocycles. The van der Waals surface area contributed by atoms with Crippen LogP contribution < -0.4 is 20.3 Å². The first-order valence-corrected chi connectivity index (χ1v) is 10.4. The Labute approximate surface area is 193 Å². The van der Waals surface area contributed by atoms with Crippen LogP contribution in [-0.2, 0) is 11.3 Å². The molecule has 2 N–H and O–H groups in total. The lowest BCUT2D eigenvalue weighted by Crippen LogP contribution is -2.41. The number of para-hydroxylation sites is 2. The number of benzene rings is 1. The van der Waals surface area contributed by atoms with Crippen molar-refractivity contribution >= 4 is 52.9 Å². The minimum atomic E-state index is -0.00839. The summed E-state index contributed by atoms with van der Waals surface area (Å²) in [5.41, 5.74) is 1.96. The van der Waals surface area contributed by atoms with Crippen molar-refractivity contribution < 1.29 is 9.53 Å². The number of fused-ring (bicyclic) bond motifs is 1. The number of rotatable bonds is 7. The monoisotopic (exact) mass is 529 g/mol. The maximum Gasteiger partial charge on any atom is 0.265 e. The van der Waals surface area contributed by atoms with Crippen molar-refractivity contribution in [2.24, 2.45) is 4.99 Å². The van der Waals surface area contributed by atoms with E-state index in [-0.39, 0.29) is 36.5 Å². The molecule has 1 amide bonds. The molecular formula is C20H28IN5O2S. The van der Waals surface area contributed by atoms with Crippen LogP contribution in [-0.4, -0.2) is 43.6 Å². The van der Waals surface area contributed by atoms with Crippen molar-refractivity contribution in [2.75, 3.05) is 31.6 Å². The van der Waals surface area contributed by atoms with Gasteiger partial charge in [0, 0.05) is 25.5 Å². The number of amides is 1. The molecule has 158 valence electrons. The standard InChI is InChI=1S/C20H27N5O2S.HI/c1-14(2)15-13-28-18(24-15)11-23-20(21-3)22-9-6-10-25-16-7-4-5-8-17(16)27-12-19(25)26;/h4-5,7-8,13-14H,6,9-12H2,1-3H3,(H2,21,22,23);1H. The predicted octanol–water partition coefficient (Wildman–Crippen LogP) is 3.37. The molecule has 2 aromatic rings. The van der Waals surface area contributed by atoms with Gasteiger partial charge in [0.05, 0.1) is 17.9 Å². The maximum atomic E-state index is 12.2. The number of nitrogens with zero attached hydrogens (tertiary/aromatic N) is 3.